The molecule has 0 bridgehead atoms. The molecular weight excluding hydrogens is 338 g/mol. The van der Waals surface area contributed by atoms with Crippen LogP contribution in [0.3, 0.4) is 0 Å². The van der Waals surface area contributed by atoms with Gasteiger partial charge in [-0.05, 0) is 11.6 Å². The maximum Gasteiger partial charge on any atom is 0.254 e. The average molecular weight is 355 g/mol. The summed E-state index contributed by atoms with van der Waals surface area (Å²) in [5.41, 5.74) is 4.27. The maximum absolute atomic E-state index is 12.3. The quantitative estimate of drug-likeness (QED) is 0.769. The van der Waals surface area contributed by atoms with E-state index in [0.29, 0.717) is 31.3 Å². The maximum atomic E-state index is 12.3. The summed E-state index contributed by atoms with van der Waals surface area (Å²) < 4.78 is 6.42. The number of ether oxygens (including phenoxy) is 1. The van der Waals surface area contributed by atoms with Crippen LogP contribution >= 0.6 is 11.3 Å². The number of anilines is 1. The number of carbonyl (C=O) groups excluding carboxylic acids is 1. The van der Waals surface area contributed by atoms with Crippen molar-refractivity contribution in [3.8, 4) is 0 Å². The van der Waals surface area contributed by atoms with Gasteiger partial charge >= 0.3 is 0 Å². The van der Waals surface area contributed by atoms with E-state index in [1.54, 1.807) is 23.7 Å². The molecule has 8 heteroatoms. The first kappa shape index (κ1) is 15.9. The second-order valence-corrected chi connectivity index (χ2v) is 6.53. The van der Waals surface area contributed by atoms with Gasteiger partial charge in [0, 0.05) is 32.0 Å². The standard InChI is InChI=1S/C17H17N5O2S/c23-16(18-8-12-2-1-3-14-15(12)25-11-21-14)13-9-19-17(20-10-13)22-4-6-24-7-5-22/h1-3,9-11H,4-8H2,(H,18,23). The minimum absolute atomic E-state index is 0.185. The van der Waals surface area contributed by atoms with Gasteiger partial charge in [-0.15, -0.1) is 11.3 Å². The Balaban J connectivity index is 1.41. The number of fused-ring (bicyclic) bond motifs is 1. The van der Waals surface area contributed by atoms with Gasteiger partial charge in [-0.3, -0.25) is 4.79 Å². The second-order valence-electron chi connectivity index (χ2n) is 5.67. The Hall–Kier alpha value is -2.58. The van der Waals surface area contributed by atoms with Crippen molar-refractivity contribution in [1.29, 1.82) is 0 Å². The summed E-state index contributed by atoms with van der Waals surface area (Å²) in [6, 6.07) is 5.91. The van der Waals surface area contributed by atoms with E-state index < -0.39 is 0 Å². The molecule has 1 fully saturated rings. The molecule has 1 aliphatic rings. The second kappa shape index (κ2) is 7.12. The van der Waals surface area contributed by atoms with Crippen LogP contribution in [0.5, 0.6) is 0 Å². The van der Waals surface area contributed by atoms with E-state index in [1.165, 1.54) is 0 Å². The Bertz CT molecular complexity index is 874. The summed E-state index contributed by atoms with van der Waals surface area (Å²) >= 11 is 1.58. The van der Waals surface area contributed by atoms with E-state index in [-0.39, 0.29) is 5.91 Å². The molecule has 0 unspecified atom stereocenters. The minimum atomic E-state index is -0.185. The fraction of sp³-hybridized carbons (Fsp3) is 0.294. The topological polar surface area (TPSA) is 80.2 Å². The van der Waals surface area contributed by atoms with Crippen LogP contribution in [0.15, 0.2) is 36.1 Å². The van der Waals surface area contributed by atoms with Crippen LogP contribution in [0.1, 0.15) is 15.9 Å². The molecule has 4 rings (SSSR count). The number of benzene rings is 1. The molecule has 0 saturated carbocycles. The van der Waals surface area contributed by atoms with Crippen LogP contribution in [0.4, 0.5) is 5.95 Å². The zero-order valence-corrected chi connectivity index (χ0v) is 14.3. The van der Waals surface area contributed by atoms with E-state index >= 15 is 0 Å². The van der Waals surface area contributed by atoms with E-state index in [1.807, 2.05) is 23.7 Å². The highest BCUT2D eigenvalue weighted by Gasteiger charge is 2.15. The molecule has 0 spiro atoms. The number of morpholine rings is 1. The van der Waals surface area contributed by atoms with Crippen LogP contribution in [-0.4, -0.2) is 47.2 Å². The van der Waals surface area contributed by atoms with Gasteiger partial charge in [0.25, 0.3) is 5.91 Å². The Labute approximate surface area is 148 Å². The van der Waals surface area contributed by atoms with E-state index in [9.17, 15) is 4.79 Å². The number of thiazole rings is 1. The van der Waals surface area contributed by atoms with Crippen molar-refractivity contribution in [3.05, 3.63) is 47.2 Å². The van der Waals surface area contributed by atoms with Crippen LogP contribution in [0.25, 0.3) is 10.2 Å². The monoisotopic (exact) mass is 355 g/mol. The van der Waals surface area contributed by atoms with Gasteiger partial charge in [-0.1, -0.05) is 12.1 Å². The number of rotatable bonds is 4. The van der Waals surface area contributed by atoms with Gasteiger partial charge < -0.3 is 15.0 Å². The number of carbonyl (C=O) groups is 1. The Kier molecular flexibility index (Phi) is 4.53. The third kappa shape index (κ3) is 3.45. The summed E-state index contributed by atoms with van der Waals surface area (Å²) in [4.78, 5) is 27.3. The molecule has 3 heterocycles. The van der Waals surface area contributed by atoms with Gasteiger partial charge in [-0.25, -0.2) is 15.0 Å². The Morgan fingerprint density at radius 2 is 2.00 bits per heavy atom. The molecule has 0 radical (unpaired) electrons. The van der Waals surface area contributed by atoms with Crippen molar-refractivity contribution in [1.82, 2.24) is 20.3 Å². The van der Waals surface area contributed by atoms with E-state index in [0.717, 1.165) is 28.9 Å². The van der Waals surface area contributed by atoms with Crippen molar-refractivity contribution < 1.29 is 9.53 Å². The molecule has 1 amide bonds. The van der Waals surface area contributed by atoms with Gasteiger partial charge in [0.2, 0.25) is 5.95 Å². The minimum Gasteiger partial charge on any atom is -0.378 e. The van der Waals surface area contributed by atoms with E-state index in [4.69, 9.17) is 4.74 Å². The number of nitrogens with zero attached hydrogens (tertiary/aromatic N) is 4. The zero-order valence-electron chi connectivity index (χ0n) is 13.5. The van der Waals surface area contributed by atoms with Crippen molar-refractivity contribution >= 4 is 33.4 Å². The fourth-order valence-electron chi connectivity index (χ4n) is 2.73. The number of aromatic nitrogens is 3. The Morgan fingerprint density at radius 3 is 2.80 bits per heavy atom. The molecule has 2 aromatic heterocycles. The predicted molar refractivity (Wildman–Crippen MR) is 95.9 cm³/mol. The third-order valence-corrected chi connectivity index (χ3v) is 4.99. The first-order valence-electron chi connectivity index (χ1n) is 8.05. The molecule has 7 nitrogen and oxygen atoms in total. The number of hydrogen-bond acceptors (Lipinski definition) is 7. The summed E-state index contributed by atoms with van der Waals surface area (Å²) in [5.74, 6) is 0.448. The fourth-order valence-corrected chi connectivity index (χ4v) is 3.53. The molecule has 1 N–H and O–H groups in total. The van der Waals surface area contributed by atoms with Crippen LogP contribution in [-0.2, 0) is 11.3 Å². The van der Waals surface area contributed by atoms with Gasteiger partial charge in [0.05, 0.1) is 34.5 Å². The highest BCUT2D eigenvalue weighted by atomic mass is 32.1. The lowest BCUT2D eigenvalue weighted by Crippen LogP contribution is -2.37. The molecule has 1 aromatic carbocycles. The average Bonchev–Trinajstić information content (AvgIpc) is 3.16. The summed E-state index contributed by atoms with van der Waals surface area (Å²) in [6.45, 7) is 3.34. The zero-order chi connectivity index (χ0) is 17.1. The van der Waals surface area contributed by atoms with Crippen LogP contribution < -0.4 is 10.2 Å². The Morgan fingerprint density at radius 1 is 1.20 bits per heavy atom. The lowest BCUT2D eigenvalue weighted by molar-refractivity contribution is 0.0950. The lowest BCUT2D eigenvalue weighted by Gasteiger charge is -2.26. The molecular formula is C17H17N5O2S. The van der Waals surface area contributed by atoms with Gasteiger partial charge in [-0.2, -0.15) is 0 Å². The smallest absolute Gasteiger partial charge is 0.254 e. The molecule has 1 aliphatic heterocycles. The molecule has 0 aliphatic carbocycles. The van der Waals surface area contributed by atoms with Gasteiger partial charge in [0.15, 0.2) is 0 Å². The van der Waals surface area contributed by atoms with Crippen molar-refractivity contribution in [3.63, 3.8) is 0 Å². The number of nitrogens with one attached hydrogen (secondary N) is 1. The first-order valence-corrected chi connectivity index (χ1v) is 8.93. The number of amides is 1. The molecule has 3 aromatic rings. The summed E-state index contributed by atoms with van der Waals surface area (Å²) in [7, 11) is 0. The van der Waals surface area contributed by atoms with Crippen molar-refractivity contribution in [2.45, 2.75) is 6.54 Å². The third-order valence-electron chi connectivity index (χ3n) is 4.07. The normalized spacial score (nSPS) is 14.6. The number of hydrogen-bond donors (Lipinski definition) is 1. The van der Waals surface area contributed by atoms with E-state index in [2.05, 4.69) is 25.2 Å². The van der Waals surface area contributed by atoms with Crippen LogP contribution in [0, 0.1) is 0 Å². The highest BCUT2D eigenvalue weighted by Crippen LogP contribution is 2.22. The summed E-state index contributed by atoms with van der Waals surface area (Å²) in [5, 5.41) is 2.92. The lowest BCUT2D eigenvalue weighted by atomic mass is 10.2. The molecule has 25 heavy (non-hydrogen) atoms. The van der Waals surface area contributed by atoms with Crippen molar-refractivity contribution in [2.75, 3.05) is 31.2 Å². The SMILES string of the molecule is O=C(NCc1cccc2ncsc12)c1cnc(N2CCOCC2)nc1. The molecule has 128 valence electrons. The predicted octanol–water partition coefficient (Wildman–Crippen LogP) is 1.85. The van der Waals surface area contributed by atoms with Crippen LogP contribution in [0.2, 0.25) is 0 Å². The first-order chi connectivity index (χ1) is 12.3. The molecule has 0 atom stereocenters. The summed E-state index contributed by atoms with van der Waals surface area (Å²) in [6.07, 6.45) is 3.14. The largest absolute Gasteiger partial charge is 0.378 e. The van der Waals surface area contributed by atoms with Crippen molar-refractivity contribution in [2.24, 2.45) is 0 Å². The molecule has 1 saturated heterocycles. The van der Waals surface area contributed by atoms with Gasteiger partial charge in [0.1, 0.15) is 0 Å². The highest BCUT2D eigenvalue weighted by molar-refractivity contribution is 7.16.